The average Bonchev–Trinajstić information content (AvgIpc) is 2.97. The fourth-order valence-corrected chi connectivity index (χ4v) is 5.33. The molecule has 0 aliphatic heterocycles. The summed E-state index contributed by atoms with van der Waals surface area (Å²) in [5.74, 6) is 0. The number of nitrogens with one attached hydrogen (secondary N) is 2. The van der Waals surface area contributed by atoms with Gasteiger partial charge in [-0.25, -0.2) is 0 Å². The van der Waals surface area contributed by atoms with Gasteiger partial charge in [-0.1, -0.05) is 71.9 Å². The Morgan fingerprint density at radius 2 is 1.02 bits per heavy atom. The van der Waals surface area contributed by atoms with Crippen LogP contribution in [0.4, 0.5) is 11.4 Å². The van der Waals surface area contributed by atoms with Crippen molar-refractivity contribution in [2.75, 3.05) is 36.8 Å². The van der Waals surface area contributed by atoms with Crippen molar-refractivity contribution in [1.29, 1.82) is 0 Å². The molecule has 0 atom stereocenters. The molecule has 0 aliphatic carbocycles. The van der Waals surface area contributed by atoms with Crippen molar-refractivity contribution >= 4 is 11.4 Å². The standard InChI is InChI=1S/C34H50N4.2ClH.Mn/c1-7-26-21-28(9-3)33(29(10-4)22-26)36-17-19-38(25-32-15-13-14-16-35-32)20-18-37-34-30(11-5)23-27(8-2)24-31(34)12-6;;;/h13-16,21-24,36-37H,7-12,17-20,25H2,1-6H3;2*1H;/q;;;+2/p-2. The van der Waals surface area contributed by atoms with Gasteiger partial charge in [0.2, 0.25) is 0 Å². The van der Waals surface area contributed by atoms with Gasteiger partial charge in [0.25, 0.3) is 0 Å². The molecule has 41 heavy (non-hydrogen) atoms. The Balaban J connectivity index is 0.00000533. The van der Waals surface area contributed by atoms with E-state index in [9.17, 15) is 0 Å². The van der Waals surface area contributed by atoms with Crippen molar-refractivity contribution in [3.8, 4) is 0 Å². The van der Waals surface area contributed by atoms with Crippen LogP contribution in [0.2, 0.25) is 0 Å². The van der Waals surface area contributed by atoms with Gasteiger partial charge in [-0.2, -0.15) is 0 Å². The number of nitrogens with zero attached hydrogens (tertiary/aromatic N) is 2. The van der Waals surface area contributed by atoms with Crippen molar-refractivity contribution in [1.82, 2.24) is 9.88 Å². The van der Waals surface area contributed by atoms with Crippen molar-refractivity contribution in [2.24, 2.45) is 0 Å². The Morgan fingerprint density at radius 1 is 0.610 bits per heavy atom. The molecule has 227 valence electrons. The maximum absolute atomic E-state index is 4.62. The van der Waals surface area contributed by atoms with Crippen molar-refractivity contribution in [3.05, 3.63) is 87.7 Å². The normalized spacial score (nSPS) is 10.4. The fourth-order valence-electron chi connectivity index (χ4n) is 5.33. The molecule has 1 aromatic heterocycles. The summed E-state index contributed by atoms with van der Waals surface area (Å²) in [7, 11) is 0. The number of anilines is 2. The van der Waals surface area contributed by atoms with Gasteiger partial charge in [-0.15, -0.1) is 0 Å². The first-order chi connectivity index (χ1) is 18.6. The summed E-state index contributed by atoms with van der Waals surface area (Å²) in [5.41, 5.74) is 12.5. The molecule has 4 nitrogen and oxygen atoms in total. The minimum atomic E-state index is 0. The summed E-state index contributed by atoms with van der Waals surface area (Å²) in [5, 5.41) is 7.65. The Kier molecular flexibility index (Phi) is 20.1. The van der Waals surface area contributed by atoms with Crippen LogP contribution in [0.5, 0.6) is 0 Å². The smallest absolute Gasteiger partial charge is 1.00 e. The number of aromatic nitrogens is 1. The number of halogens is 2. The third-order valence-corrected chi connectivity index (χ3v) is 7.63. The van der Waals surface area contributed by atoms with Crippen LogP contribution in [0.1, 0.15) is 80.6 Å². The van der Waals surface area contributed by atoms with Gasteiger partial charge in [0.1, 0.15) is 0 Å². The van der Waals surface area contributed by atoms with E-state index in [4.69, 9.17) is 0 Å². The third kappa shape index (κ3) is 11.5. The van der Waals surface area contributed by atoms with E-state index < -0.39 is 0 Å². The molecular weight excluding hydrogens is 590 g/mol. The number of hydrogen-bond acceptors (Lipinski definition) is 4. The largest absolute Gasteiger partial charge is 2.00 e. The molecule has 1 radical (unpaired) electrons. The number of rotatable bonds is 16. The Hall–Kier alpha value is -1.75. The zero-order valence-corrected chi connectivity index (χ0v) is 28.6. The molecular formula is C34H50Cl2MnN4. The van der Waals surface area contributed by atoms with Gasteiger partial charge in [-0.3, -0.25) is 9.88 Å². The van der Waals surface area contributed by atoms with E-state index >= 15 is 0 Å². The van der Waals surface area contributed by atoms with Crippen molar-refractivity contribution in [2.45, 2.75) is 86.6 Å². The third-order valence-electron chi connectivity index (χ3n) is 7.63. The molecule has 0 aliphatic rings. The predicted octanol–water partition coefficient (Wildman–Crippen LogP) is 1.49. The van der Waals surface area contributed by atoms with Crippen LogP contribution in [0.25, 0.3) is 0 Å². The minimum absolute atomic E-state index is 0. The molecule has 2 aromatic carbocycles. The zero-order valence-electron chi connectivity index (χ0n) is 25.9. The van der Waals surface area contributed by atoms with Gasteiger partial charge in [0.05, 0.1) is 5.69 Å². The maximum atomic E-state index is 4.62. The zero-order chi connectivity index (χ0) is 27.3. The van der Waals surface area contributed by atoms with E-state index in [1.54, 1.807) is 0 Å². The van der Waals surface area contributed by atoms with Crippen LogP contribution in [0.15, 0.2) is 48.7 Å². The van der Waals surface area contributed by atoms with Crippen molar-refractivity contribution < 1.29 is 41.9 Å². The summed E-state index contributed by atoms with van der Waals surface area (Å²) in [4.78, 5) is 7.14. The van der Waals surface area contributed by atoms with E-state index in [0.29, 0.717) is 0 Å². The molecule has 0 bridgehead atoms. The van der Waals surface area contributed by atoms with E-state index in [2.05, 4.69) is 98.5 Å². The SMILES string of the molecule is CCc1cc(CC)c(NCCN(CCNc2c(CC)cc(CC)cc2CC)Cc2ccccn2)c(CC)c1.[Cl-].[Cl-].[Mn+2]. The minimum Gasteiger partial charge on any atom is -1.00 e. The molecule has 1 heterocycles. The quantitative estimate of drug-likeness (QED) is 0.233. The van der Waals surface area contributed by atoms with Crippen LogP contribution in [0.3, 0.4) is 0 Å². The van der Waals surface area contributed by atoms with Crippen LogP contribution in [-0.4, -0.2) is 36.1 Å². The van der Waals surface area contributed by atoms with Gasteiger partial charge < -0.3 is 35.4 Å². The second kappa shape index (κ2) is 21.0. The first-order valence-corrected chi connectivity index (χ1v) is 15.0. The summed E-state index contributed by atoms with van der Waals surface area (Å²) >= 11 is 0. The molecule has 2 N–H and O–H groups in total. The predicted molar refractivity (Wildman–Crippen MR) is 166 cm³/mol. The molecule has 7 heteroatoms. The molecule has 3 aromatic rings. The molecule has 0 saturated heterocycles. The second-order valence-electron chi connectivity index (χ2n) is 10.2. The first-order valence-electron chi connectivity index (χ1n) is 15.0. The van der Waals surface area contributed by atoms with Gasteiger partial charge in [0, 0.05) is 50.3 Å². The van der Waals surface area contributed by atoms with Crippen LogP contribution >= 0.6 is 0 Å². The summed E-state index contributed by atoms with van der Waals surface area (Å²) in [6.07, 6.45) is 8.30. The molecule has 0 unspecified atom stereocenters. The monoisotopic (exact) mass is 639 g/mol. The Bertz CT molecular complexity index is 1020. The maximum Gasteiger partial charge on any atom is 2.00 e. The molecule has 0 amide bonds. The summed E-state index contributed by atoms with van der Waals surface area (Å²) in [6.45, 7) is 18.2. The second-order valence-corrected chi connectivity index (χ2v) is 10.2. The average molecular weight is 641 g/mol. The Morgan fingerprint density at radius 3 is 1.34 bits per heavy atom. The van der Waals surface area contributed by atoms with Crippen molar-refractivity contribution in [3.63, 3.8) is 0 Å². The summed E-state index contributed by atoms with van der Waals surface area (Å²) < 4.78 is 0. The number of benzene rings is 2. The number of aryl methyl sites for hydroxylation is 6. The number of pyridine rings is 1. The molecule has 0 saturated carbocycles. The van der Waals surface area contributed by atoms with Crippen LogP contribution in [0, 0.1) is 0 Å². The first kappa shape index (κ1) is 39.2. The van der Waals surface area contributed by atoms with E-state index in [-0.39, 0.29) is 41.9 Å². The number of hydrogen-bond donors (Lipinski definition) is 2. The topological polar surface area (TPSA) is 40.2 Å². The molecule has 3 rings (SSSR count). The van der Waals surface area contributed by atoms with Crippen LogP contribution < -0.4 is 35.4 Å². The molecule has 0 fully saturated rings. The van der Waals surface area contributed by atoms with Gasteiger partial charge in [0.15, 0.2) is 0 Å². The fraction of sp³-hybridized carbons (Fsp3) is 0.500. The summed E-state index contributed by atoms with van der Waals surface area (Å²) in [6, 6.07) is 15.8. The Labute approximate surface area is 273 Å². The molecule has 0 spiro atoms. The van der Waals surface area contributed by atoms with E-state index in [1.807, 2.05) is 12.3 Å². The van der Waals surface area contributed by atoms with Gasteiger partial charge in [-0.05, 0) is 84.0 Å². The van der Waals surface area contributed by atoms with E-state index in [1.165, 1.54) is 44.8 Å². The van der Waals surface area contributed by atoms with Gasteiger partial charge >= 0.3 is 17.1 Å². The van der Waals surface area contributed by atoms with E-state index in [0.717, 1.165) is 76.9 Å². The van der Waals surface area contributed by atoms with Crippen LogP contribution in [-0.2, 0) is 62.1 Å².